The first-order valence-electron chi connectivity index (χ1n) is 7.09. The van der Waals surface area contributed by atoms with Crippen molar-refractivity contribution in [3.8, 4) is 0 Å². The molecule has 4 aliphatic rings. The van der Waals surface area contributed by atoms with E-state index in [9.17, 15) is 9.90 Å². The summed E-state index contributed by atoms with van der Waals surface area (Å²) < 4.78 is 5.25. The number of hydrogen-bond donors (Lipinski definition) is 1. The van der Waals surface area contributed by atoms with Crippen molar-refractivity contribution in [2.75, 3.05) is 33.4 Å². The van der Waals surface area contributed by atoms with Crippen molar-refractivity contribution in [3.05, 3.63) is 0 Å². The monoisotopic (exact) mass is 253 g/mol. The van der Waals surface area contributed by atoms with Crippen LogP contribution in [0.5, 0.6) is 0 Å². The number of carbonyl (C=O) groups excluding carboxylic acids is 1. The molecular weight excluding hydrogens is 230 g/mol. The maximum Gasteiger partial charge on any atom is 0.164 e. The van der Waals surface area contributed by atoms with Crippen LogP contribution in [0, 0.1) is 11.3 Å². The maximum atomic E-state index is 13.0. The molecular formula is C14H23NO3. The van der Waals surface area contributed by atoms with Crippen molar-refractivity contribution in [2.45, 2.75) is 37.6 Å². The number of aliphatic hydroxyl groups excluding tert-OH is 1. The molecule has 4 rings (SSSR count). The molecule has 0 spiro atoms. The van der Waals surface area contributed by atoms with Crippen LogP contribution in [-0.4, -0.2) is 54.7 Å². The second-order valence-corrected chi connectivity index (χ2v) is 6.22. The van der Waals surface area contributed by atoms with Gasteiger partial charge < -0.3 is 9.84 Å². The number of aliphatic hydroxyl groups is 1. The standard InChI is InChI=1S/C14H23NO3/c1-18-10-14(9-16)12(17)13(11-3-2-4-11)5-7-15(14)8-6-13/h11,16H,2-10H2,1H3/t14-/m1/s1. The van der Waals surface area contributed by atoms with Gasteiger partial charge in [0.15, 0.2) is 5.78 Å². The Kier molecular flexibility index (Phi) is 3.00. The topological polar surface area (TPSA) is 49.8 Å². The predicted molar refractivity (Wildman–Crippen MR) is 67.3 cm³/mol. The van der Waals surface area contributed by atoms with Gasteiger partial charge in [-0.1, -0.05) is 6.42 Å². The zero-order valence-corrected chi connectivity index (χ0v) is 11.2. The normalized spacial score (nSPS) is 44.1. The van der Waals surface area contributed by atoms with Crippen molar-refractivity contribution in [1.82, 2.24) is 4.90 Å². The van der Waals surface area contributed by atoms with E-state index in [0.29, 0.717) is 12.5 Å². The van der Waals surface area contributed by atoms with E-state index in [4.69, 9.17) is 4.74 Å². The molecule has 4 fully saturated rings. The van der Waals surface area contributed by atoms with Crippen molar-refractivity contribution < 1.29 is 14.6 Å². The molecule has 3 aliphatic heterocycles. The number of methoxy groups -OCH3 is 1. The Morgan fingerprint density at radius 1 is 1.39 bits per heavy atom. The number of nitrogens with zero attached hydrogens (tertiary/aromatic N) is 1. The van der Waals surface area contributed by atoms with Gasteiger partial charge in [-0.25, -0.2) is 0 Å². The highest BCUT2D eigenvalue weighted by Crippen LogP contribution is 2.55. The summed E-state index contributed by atoms with van der Waals surface area (Å²) >= 11 is 0. The summed E-state index contributed by atoms with van der Waals surface area (Å²) in [5.74, 6) is 0.830. The van der Waals surface area contributed by atoms with Gasteiger partial charge in [0.25, 0.3) is 0 Å². The highest BCUT2D eigenvalue weighted by Gasteiger charge is 2.63. The van der Waals surface area contributed by atoms with Gasteiger partial charge in [-0.15, -0.1) is 0 Å². The molecule has 1 saturated carbocycles. The highest BCUT2D eigenvalue weighted by molar-refractivity contribution is 5.96. The summed E-state index contributed by atoms with van der Waals surface area (Å²) in [7, 11) is 1.62. The summed E-state index contributed by atoms with van der Waals surface area (Å²) in [6.07, 6.45) is 5.63. The predicted octanol–water partition coefficient (Wildman–Crippen LogP) is 0.829. The smallest absolute Gasteiger partial charge is 0.164 e. The lowest BCUT2D eigenvalue weighted by molar-refractivity contribution is -0.181. The molecule has 2 bridgehead atoms. The third-order valence-corrected chi connectivity index (χ3v) is 5.67. The van der Waals surface area contributed by atoms with E-state index in [1.54, 1.807) is 7.11 Å². The quantitative estimate of drug-likeness (QED) is 0.806. The lowest BCUT2D eigenvalue weighted by Gasteiger charge is -2.60. The van der Waals surface area contributed by atoms with Gasteiger partial charge >= 0.3 is 0 Å². The zero-order chi connectivity index (χ0) is 12.8. The number of fused-ring (bicyclic) bond motifs is 3. The van der Waals surface area contributed by atoms with Crippen LogP contribution in [0.1, 0.15) is 32.1 Å². The molecule has 1 aliphatic carbocycles. The van der Waals surface area contributed by atoms with Gasteiger partial charge in [-0.3, -0.25) is 9.69 Å². The molecule has 0 aromatic rings. The number of rotatable bonds is 4. The molecule has 4 heteroatoms. The number of carbonyl (C=O) groups is 1. The van der Waals surface area contributed by atoms with Gasteiger partial charge in [0.2, 0.25) is 0 Å². The Morgan fingerprint density at radius 3 is 2.50 bits per heavy atom. The first-order valence-corrected chi connectivity index (χ1v) is 7.09. The van der Waals surface area contributed by atoms with Gasteiger partial charge in [-0.2, -0.15) is 0 Å². The number of Topliss-reactive ketones (excluding diaryl/α,β-unsaturated/α-hetero) is 1. The zero-order valence-electron chi connectivity index (χ0n) is 11.2. The number of piperidine rings is 3. The van der Waals surface area contributed by atoms with E-state index in [2.05, 4.69) is 4.90 Å². The molecule has 0 aromatic heterocycles. The SMILES string of the molecule is COC[C@]1(CO)C(=O)C2(C3CCC3)CCN1CC2. The Labute approximate surface area is 108 Å². The molecule has 1 N–H and O–H groups in total. The number of hydrogen-bond acceptors (Lipinski definition) is 4. The average Bonchev–Trinajstić information content (AvgIpc) is 2.33. The Bertz CT molecular complexity index is 338. The molecule has 18 heavy (non-hydrogen) atoms. The second kappa shape index (κ2) is 4.29. The van der Waals surface area contributed by atoms with Crippen LogP contribution in [0.2, 0.25) is 0 Å². The van der Waals surface area contributed by atoms with E-state index >= 15 is 0 Å². The molecule has 0 unspecified atom stereocenters. The van der Waals surface area contributed by atoms with Crippen LogP contribution >= 0.6 is 0 Å². The highest BCUT2D eigenvalue weighted by atomic mass is 16.5. The maximum absolute atomic E-state index is 13.0. The van der Waals surface area contributed by atoms with Gasteiger partial charge in [0.05, 0.1) is 13.2 Å². The Balaban J connectivity index is 1.95. The van der Waals surface area contributed by atoms with Crippen LogP contribution in [0.4, 0.5) is 0 Å². The average molecular weight is 253 g/mol. The summed E-state index contributed by atoms with van der Waals surface area (Å²) in [4.78, 5) is 15.2. The number of ketones is 1. The van der Waals surface area contributed by atoms with E-state index in [-0.39, 0.29) is 17.8 Å². The molecule has 0 aromatic carbocycles. The summed E-state index contributed by atoms with van der Waals surface area (Å²) in [5.41, 5.74) is -0.894. The van der Waals surface area contributed by atoms with Gasteiger partial charge in [-0.05, 0) is 31.6 Å². The molecule has 3 heterocycles. The minimum atomic E-state index is -0.749. The fraction of sp³-hybridized carbons (Fsp3) is 0.929. The van der Waals surface area contributed by atoms with E-state index < -0.39 is 5.54 Å². The minimum absolute atomic E-state index is 0.103. The largest absolute Gasteiger partial charge is 0.394 e. The fourth-order valence-electron chi connectivity index (χ4n) is 4.34. The Morgan fingerprint density at radius 2 is 2.06 bits per heavy atom. The number of ether oxygens (including phenoxy) is 1. The summed E-state index contributed by atoms with van der Waals surface area (Å²) in [5, 5.41) is 9.81. The third-order valence-electron chi connectivity index (χ3n) is 5.67. The summed E-state index contributed by atoms with van der Waals surface area (Å²) in [6.45, 7) is 2.10. The molecule has 1 atom stereocenters. The lowest BCUT2D eigenvalue weighted by atomic mass is 9.53. The van der Waals surface area contributed by atoms with Crippen LogP contribution < -0.4 is 0 Å². The Hall–Kier alpha value is -0.450. The van der Waals surface area contributed by atoms with E-state index in [1.165, 1.54) is 19.3 Å². The van der Waals surface area contributed by atoms with Crippen LogP contribution in [0.3, 0.4) is 0 Å². The van der Waals surface area contributed by atoms with Crippen molar-refractivity contribution in [1.29, 1.82) is 0 Å². The van der Waals surface area contributed by atoms with Crippen LogP contribution in [0.25, 0.3) is 0 Å². The molecule has 3 saturated heterocycles. The molecule has 0 amide bonds. The molecule has 0 radical (unpaired) electrons. The summed E-state index contributed by atoms with van der Waals surface area (Å²) in [6, 6.07) is 0. The first-order chi connectivity index (χ1) is 8.69. The van der Waals surface area contributed by atoms with Gasteiger partial charge in [0, 0.05) is 25.6 Å². The first kappa shape index (κ1) is 12.6. The minimum Gasteiger partial charge on any atom is -0.394 e. The van der Waals surface area contributed by atoms with E-state index in [1.807, 2.05) is 0 Å². The van der Waals surface area contributed by atoms with Crippen LogP contribution in [-0.2, 0) is 9.53 Å². The van der Waals surface area contributed by atoms with Crippen molar-refractivity contribution >= 4 is 5.78 Å². The van der Waals surface area contributed by atoms with E-state index in [0.717, 1.165) is 25.9 Å². The molecule has 4 nitrogen and oxygen atoms in total. The van der Waals surface area contributed by atoms with Gasteiger partial charge in [0.1, 0.15) is 5.54 Å². The van der Waals surface area contributed by atoms with Crippen molar-refractivity contribution in [3.63, 3.8) is 0 Å². The molecule has 102 valence electrons. The van der Waals surface area contributed by atoms with Crippen LogP contribution in [0.15, 0.2) is 0 Å². The lowest BCUT2D eigenvalue weighted by Crippen LogP contribution is -2.74. The fourth-order valence-corrected chi connectivity index (χ4v) is 4.34. The second-order valence-electron chi connectivity index (χ2n) is 6.22. The van der Waals surface area contributed by atoms with Crippen molar-refractivity contribution in [2.24, 2.45) is 11.3 Å². The third kappa shape index (κ3) is 1.40.